The number of nitrogens with one attached hydrogen (secondary N) is 2. The number of anilines is 1. The zero-order valence-electron chi connectivity index (χ0n) is 18.4. The Morgan fingerprint density at radius 2 is 1.81 bits per heavy atom. The van der Waals surface area contributed by atoms with E-state index < -0.39 is 30.4 Å². The molecule has 168 valence electrons. The summed E-state index contributed by atoms with van der Waals surface area (Å²) in [5.74, 6) is -1.91. The summed E-state index contributed by atoms with van der Waals surface area (Å²) < 4.78 is 11.9. The Morgan fingerprint density at radius 3 is 2.44 bits per heavy atom. The van der Waals surface area contributed by atoms with Crippen LogP contribution in [0.2, 0.25) is 0 Å². The average molecular weight is 438 g/mol. The molecule has 2 heterocycles. The van der Waals surface area contributed by atoms with Crippen molar-refractivity contribution in [2.45, 2.75) is 33.7 Å². The number of ether oxygens (including phenoxy) is 1. The zero-order valence-corrected chi connectivity index (χ0v) is 18.4. The lowest BCUT2D eigenvalue weighted by Gasteiger charge is -2.20. The van der Waals surface area contributed by atoms with Crippen LogP contribution in [0.15, 0.2) is 53.1 Å². The summed E-state index contributed by atoms with van der Waals surface area (Å²) in [4.78, 5) is 37.1. The Hall–Kier alpha value is -3.88. The lowest BCUT2D eigenvalue weighted by atomic mass is 10.0. The molecule has 3 rings (SSSR count). The Kier molecular flexibility index (Phi) is 7.09. The molecule has 9 nitrogen and oxygen atoms in total. The second-order valence-corrected chi connectivity index (χ2v) is 7.62. The van der Waals surface area contributed by atoms with Crippen molar-refractivity contribution in [3.8, 4) is 5.69 Å². The van der Waals surface area contributed by atoms with Gasteiger partial charge < -0.3 is 19.8 Å². The second-order valence-electron chi connectivity index (χ2n) is 7.62. The Balaban J connectivity index is 1.61. The molecule has 2 aromatic heterocycles. The van der Waals surface area contributed by atoms with E-state index in [1.165, 1.54) is 12.3 Å². The van der Waals surface area contributed by atoms with E-state index in [2.05, 4.69) is 15.7 Å². The number of aryl methyl sites for hydroxylation is 1. The first kappa shape index (κ1) is 22.8. The van der Waals surface area contributed by atoms with Crippen LogP contribution >= 0.6 is 0 Å². The fourth-order valence-corrected chi connectivity index (χ4v) is 3.16. The van der Waals surface area contributed by atoms with E-state index in [9.17, 15) is 14.4 Å². The van der Waals surface area contributed by atoms with Gasteiger partial charge in [0.15, 0.2) is 12.4 Å². The van der Waals surface area contributed by atoms with Crippen molar-refractivity contribution in [3.05, 3.63) is 65.9 Å². The normalized spacial score (nSPS) is 11.8. The van der Waals surface area contributed by atoms with Crippen molar-refractivity contribution < 1.29 is 23.5 Å². The number of amides is 2. The highest BCUT2D eigenvalue weighted by molar-refractivity contribution is 5.96. The van der Waals surface area contributed by atoms with Crippen LogP contribution in [-0.4, -0.2) is 40.2 Å². The third-order valence-electron chi connectivity index (χ3n) is 4.85. The van der Waals surface area contributed by atoms with Gasteiger partial charge in [-0.25, -0.2) is 9.48 Å². The minimum absolute atomic E-state index is 0.0857. The van der Waals surface area contributed by atoms with Crippen LogP contribution in [0.4, 0.5) is 5.69 Å². The first-order chi connectivity index (χ1) is 15.3. The predicted octanol–water partition coefficient (Wildman–Crippen LogP) is 3.02. The fraction of sp³-hybridized carbons (Fsp3) is 0.304. The number of aromatic nitrogens is 2. The molecule has 0 saturated heterocycles. The summed E-state index contributed by atoms with van der Waals surface area (Å²) in [7, 11) is 0. The fourth-order valence-electron chi connectivity index (χ4n) is 3.16. The maximum Gasteiger partial charge on any atom is 0.329 e. The van der Waals surface area contributed by atoms with Crippen molar-refractivity contribution in [1.29, 1.82) is 0 Å². The van der Waals surface area contributed by atoms with Gasteiger partial charge in [0.1, 0.15) is 6.04 Å². The van der Waals surface area contributed by atoms with Gasteiger partial charge in [-0.15, -0.1) is 0 Å². The van der Waals surface area contributed by atoms with E-state index >= 15 is 0 Å². The van der Waals surface area contributed by atoms with E-state index in [1.807, 2.05) is 37.3 Å². The largest absolute Gasteiger partial charge is 0.459 e. The number of hydrogen-bond donors (Lipinski definition) is 2. The van der Waals surface area contributed by atoms with E-state index in [-0.39, 0.29) is 11.7 Å². The monoisotopic (exact) mass is 438 g/mol. The molecule has 32 heavy (non-hydrogen) atoms. The van der Waals surface area contributed by atoms with Crippen LogP contribution in [0.25, 0.3) is 5.69 Å². The molecule has 0 aliphatic carbocycles. The molecule has 0 fully saturated rings. The summed E-state index contributed by atoms with van der Waals surface area (Å²) in [6.45, 7) is 6.66. The molecule has 2 N–H and O–H groups in total. The van der Waals surface area contributed by atoms with Crippen molar-refractivity contribution in [3.63, 3.8) is 0 Å². The molecule has 0 bridgehead atoms. The number of nitrogens with zero attached hydrogens (tertiary/aromatic N) is 2. The summed E-state index contributed by atoms with van der Waals surface area (Å²) in [6, 6.07) is 11.7. The molecular formula is C23H26N4O5. The third-order valence-corrected chi connectivity index (χ3v) is 4.85. The summed E-state index contributed by atoms with van der Waals surface area (Å²) in [5.41, 5.74) is 2.81. The number of hydrogen-bond acceptors (Lipinski definition) is 6. The minimum Gasteiger partial charge on any atom is -0.459 e. The Labute approximate surface area is 185 Å². The third kappa shape index (κ3) is 5.23. The van der Waals surface area contributed by atoms with Crippen LogP contribution in [0.1, 0.15) is 35.8 Å². The minimum atomic E-state index is -0.926. The molecule has 0 aliphatic rings. The number of furan rings is 1. The van der Waals surface area contributed by atoms with Gasteiger partial charge in [0.25, 0.3) is 11.8 Å². The Morgan fingerprint density at radius 1 is 1.09 bits per heavy atom. The van der Waals surface area contributed by atoms with E-state index in [4.69, 9.17) is 9.15 Å². The summed E-state index contributed by atoms with van der Waals surface area (Å²) in [6.07, 6.45) is 1.37. The van der Waals surface area contributed by atoms with Crippen molar-refractivity contribution in [1.82, 2.24) is 15.1 Å². The lowest BCUT2D eigenvalue weighted by molar-refractivity contribution is -0.150. The van der Waals surface area contributed by atoms with Crippen LogP contribution in [0.5, 0.6) is 0 Å². The molecule has 3 aromatic rings. The topological polar surface area (TPSA) is 115 Å². The molecule has 0 unspecified atom stereocenters. The highest BCUT2D eigenvalue weighted by Gasteiger charge is 2.27. The molecule has 0 aliphatic heterocycles. The van der Waals surface area contributed by atoms with Gasteiger partial charge >= 0.3 is 5.97 Å². The van der Waals surface area contributed by atoms with Crippen LogP contribution < -0.4 is 10.6 Å². The number of carbonyl (C=O) groups excluding carboxylic acids is 3. The zero-order chi connectivity index (χ0) is 23.3. The maximum absolute atomic E-state index is 12.5. The van der Waals surface area contributed by atoms with Gasteiger partial charge in [0.2, 0.25) is 0 Å². The molecule has 0 spiro atoms. The molecule has 0 saturated carbocycles. The van der Waals surface area contributed by atoms with Gasteiger partial charge in [-0.1, -0.05) is 32.0 Å². The summed E-state index contributed by atoms with van der Waals surface area (Å²) in [5, 5.41) is 9.81. The quantitative estimate of drug-likeness (QED) is 0.523. The Bertz CT molecular complexity index is 1090. The van der Waals surface area contributed by atoms with Gasteiger partial charge in [-0.2, -0.15) is 5.10 Å². The molecule has 1 atom stereocenters. The number of rotatable bonds is 8. The highest BCUT2D eigenvalue weighted by Crippen LogP contribution is 2.22. The number of para-hydroxylation sites is 1. The van der Waals surface area contributed by atoms with Crippen molar-refractivity contribution >= 4 is 23.5 Å². The molecule has 2 amide bonds. The smallest absolute Gasteiger partial charge is 0.329 e. The first-order valence-corrected chi connectivity index (χ1v) is 10.2. The van der Waals surface area contributed by atoms with Gasteiger partial charge in [0, 0.05) is 0 Å². The van der Waals surface area contributed by atoms with Crippen LogP contribution in [0, 0.1) is 19.8 Å². The molecular weight excluding hydrogens is 412 g/mol. The molecule has 1 aromatic carbocycles. The lowest BCUT2D eigenvalue weighted by Crippen LogP contribution is -2.45. The number of carbonyl (C=O) groups is 3. The SMILES string of the molecule is Cc1nn(-c2ccccc2)c(C)c1NC(=O)COC(=O)[C@@H](NC(=O)c1ccco1)C(C)C. The highest BCUT2D eigenvalue weighted by atomic mass is 16.5. The predicted molar refractivity (Wildman–Crippen MR) is 117 cm³/mol. The van der Waals surface area contributed by atoms with E-state index in [0.717, 1.165) is 11.4 Å². The van der Waals surface area contributed by atoms with E-state index in [0.29, 0.717) is 11.4 Å². The van der Waals surface area contributed by atoms with Gasteiger partial charge in [-0.3, -0.25) is 9.59 Å². The summed E-state index contributed by atoms with van der Waals surface area (Å²) >= 11 is 0. The van der Waals surface area contributed by atoms with Crippen LogP contribution in [0.3, 0.4) is 0 Å². The first-order valence-electron chi connectivity index (χ1n) is 10.2. The number of esters is 1. The van der Waals surface area contributed by atoms with E-state index in [1.54, 1.807) is 31.5 Å². The standard InChI is InChI=1S/C23H26N4O5/c1-14(2)20(25-22(29)18-11-8-12-31-18)23(30)32-13-19(28)24-21-15(3)26-27(16(21)4)17-9-6-5-7-10-17/h5-12,14,20H,13H2,1-4H3,(H,24,28)(H,25,29)/t20-/m0/s1. The van der Waals surface area contributed by atoms with Crippen molar-refractivity contribution in [2.75, 3.05) is 11.9 Å². The average Bonchev–Trinajstić information content (AvgIpc) is 3.41. The molecule has 0 radical (unpaired) electrons. The van der Waals surface area contributed by atoms with Gasteiger partial charge in [-0.05, 0) is 44.0 Å². The van der Waals surface area contributed by atoms with Crippen molar-refractivity contribution in [2.24, 2.45) is 5.92 Å². The maximum atomic E-state index is 12.5. The van der Waals surface area contributed by atoms with Gasteiger partial charge in [0.05, 0.1) is 29.0 Å². The number of benzene rings is 1. The second kappa shape index (κ2) is 9.95. The molecule has 9 heteroatoms. The van der Waals surface area contributed by atoms with Crippen LogP contribution in [-0.2, 0) is 14.3 Å².